The molecule has 0 saturated carbocycles. The first-order valence-corrected chi connectivity index (χ1v) is 4.13. The molecule has 1 aliphatic carbocycles. The topological polar surface area (TPSA) is 0 Å². The van der Waals surface area contributed by atoms with E-state index in [1.54, 1.807) is 0 Å². The molecule has 0 spiro atoms. The van der Waals surface area contributed by atoms with E-state index in [1.807, 2.05) is 6.08 Å². The predicted octanol–water partition coefficient (Wildman–Crippen LogP) is 3.09. The Kier molecular flexibility index (Phi) is 2.91. The average Bonchev–Trinajstić information content (AvgIpc) is 1.88. The van der Waals surface area contributed by atoms with Crippen LogP contribution in [0.2, 0.25) is 0 Å². The first-order valence-electron chi connectivity index (χ1n) is 4.13. The molecule has 58 valence electrons. The van der Waals surface area contributed by atoms with Gasteiger partial charge in [-0.15, -0.1) is 0 Å². The van der Waals surface area contributed by atoms with E-state index in [-0.39, 0.29) is 0 Å². The molecule has 0 aliphatic heterocycles. The predicted molar refractivity (Wildman–Crippen MR) is 41.7 cm³/mol. The number of allylic oxidation sites excluding steroid dienone is 2. The van der Waals surface area contributed by atoms with Gasteiger partial charge in [0.2, 0.25) is 0 Å². The van der Waals surface area contributed by atoms with Crippen LogP contribution in [-0.2, 0) is 0 Å². The van der Waals surface area contributed by atoms with Crippen molar-refractivity contribution < 1.29 is 4.39 Å². The van der Waals surface area contributed by atoms with Crippen LogP contribution in [0.1, 0.15) is 32.6 Å². The Morgan fingerprint density at radius 1 is 1.60 bits per heavy atom. The molecule has 0 bridgehead atoms. The summed E-state index contributed by atoms with van der Waals surface area (Å²) in [4.78, 5) is 0. The molecular formula is C9H15F. The van der Waals surface area contributed by atoms with Gasteiger partial charge in [0.25, 0.3) is 0 Å². The Labute approximate surface area is 62.1 Å². The fourth-order valence-corrected chi connectivity index (χ4v) is 1.51. The fourth-order valence-electron chi connectivity index (χ4n) is 1.51. The lowest BCUT2D eigenvalue weighted by molar-refractivity contribution is 0.271. The first kappa shape index (κ1) is 7.77. The molecule has 0 N–H and O–H groups in total. The molecule has 10 heavy (non-hydrogen) atoms. The van der Waals surface area contributed by atoms with Crippen LogP contribution in [0, 0.1) is 5.92 Å². The summed E-state index contributed by atoms with van der Waals surface area (Å²) in [5.41, 5.74) is 0. The van der Waals surface area contributed by atoms with E-state index in [0.29, 0.717) is 12.3 Å². The zero-order valence-electron chi connectivity index (χ0n) is 6.52. The molecule has 0 heterocycles. The highest BCUT2D eigenvalue weighted by Gasteiger charge is 2.15. The monoisotopic (exact) mass is 142 g/mol. The molecule has 0 fully saturated rings. The Balaban J connectivity index is 2.32. The first-order chi connectivity index (χ1) is 4.83. The largest absolute Gasteiger partial charge is 0.247 e. The van der Waals surface area contributed by atoms with Crippen molar-refractivity contribution in [1.29, 1.82) is 0 Å². The van der Waals surface area contributed by atoms with Crippen LogP contribution in [0.4, 0.5) is 4.39 Å². The van der Waals surface area contributed by atoms with Gasteiger partial charge in [-0.05, 0) is 25.2 Å². The summed E-state index contributed by atoms with van der Waals surface area (Å²) in [6.45, 7) is 2.15. The van der Waals surface area contributed by atoms with Crippen LogP contribution in [-0.4, -0.2) is 6.17 Å². The Hall–Kier alpha value is -0.330. The molecule has 0 aromatic heterocycles. The van der Waals surface area contributed by atoms with Crippen LogP contribution in [0.15, 0.2) is 12.2 Å². The van der Waals surface area contributed by atoms with Crippen LogP contribution < -0.4 is 0 Å². The summed E-state index contributed by atoms with van der Waals surface area (Å²) in [7, 11) is 0. The van der Waals surface area contributed by atoms with Crippen molar-refractivity contribution >= 4 is 0 Å². The molecule has 1 rings (SSSR count). The van der Waals surface area contributed by atoms with Crippen molar-refractivity contribution in [3.8, 4) is 0 Å². The van der Waals surface area contributed by atoms with Gasteiger partial charge < -0.3 is 0 Å². The van der Waals surface area contributed by atoms with Crippen LogP contribution in [0.3, 0.4) is 0 Å². The van der Waals surface area contributed by atoms with Gasteiger partial charge in [-0.3, -0.25) is 0 Å². The quantitative estimate of drug-likeness (QED) is 0.520. The van der Waals surface area contributed by atoms with Crippen molar-refractivity contribution in [2.75, 3.05) is 0 Å². The summed E-state index contributed by atoms with van der Waals surface area (Å²) >= 11 is 0. The molecular weight excluding hydrogens is 127 g/mol. The molecule has 0 amide bonds. The maximum Gasteiger partial charge on any atom is 0.104 e. The highest BCUT2D eigenvalue weighted by molar-refractivity contribution is 4.96. The fraction of sp³-hybridized carbons (Fsp3) is 0.778. The second-order valence-corrected chi connectivity index (χ2v) is 3.05. The zero-order chi connectivity index (χ0) is 7.40. The third-order valence-electron chi connectivity index (χ3n) is 2.02. The van der Waals surface area contributed by atoms with E-state index in [1.165, 1.54) is 6.42 Å². The van der Waals surface area contributed by atoms with Crippen LogP contribution >= 0.6 is 0 Å². The lowest BCUT2D eigenvalue weighted by Gasteiger charge is -2.18. The van der Waals surface area contributed by atoms with Gasteiger partial charge in [-0.25, -0.2) is 4.39 Å². The average molecular weight is 142 g/mol. The number of halogens is 1. The number of alkyl halides is 1. The van der Waals surface area contributed by atoms with Gasteiger partial charge >= 0.3 is 0 Å². The molecule has 2 atom stereocenters. The molecule has 0 nitrogen and oxygen atoms in total. The maximum atomic E-state index is 12.7. The maximum absolute atomic E-state index is 12.7. The van der Waals surface area contributed by atoms with Crippen molar-refractivity contribution in [2.45, 2.75) is 38.8 Å². The summed E-state index contributed by atoms with van der Waals surface area (Å²) < 4.78 is 12.7. The van der Waals surface area contributed by atoms with Crippen LogP contribution in [0.25, 0.3) is 0 Å². The molecule has 1 heteroatoms. The van der Waals surface area contributed by atoms with E-state index < -0.39 is 6.17 Å². The minimum atomic E-state index is -0.568. The van der Waals surface area contributed by atoms with E-state index in [9.17, 15) is 4.39 Å². The zero-order valence-corrected chi connectivity index (χ0v) is 6.52. The highest BCUT2D eigenvalue weighted by atomic mass is 19.1. The minimum Gasteiger partial charge on any atom is -0.247 e. The lowest BCUT2D eigenvalue weighted by atomic mass is 9.91. The van der Waals surface area contributed by atoms with Crippen LogP contribution in [0.5, 0.6) is 0 Å². The normalized spacial score (nSPS) is 32.6. The minimum absolute atomic E-state index is 0.522. The van der Waals surface area contributed by atoms with E-state index in [2.05, 4.69) is 13.0 Å². The summed E-state index contributed by atoms with van der Waals surface area (Å²) in [5.74, 6) is 0.522. The van der Waals surface area contributed by atoms with Crippen molar-refractivity contribution in [2.24, 2.45) is 5.92 Å². The Bertz CT molecular complexity index is 118. The molecule has 2 unspecified atom stereocenters. The van der Waals surface area contributed by atoms with Gasteiger partial charge in [0.15, 0.2) is 0 Å². The summed E-state index contributed by atoms with van der Waals surface area (Å²) in [6, 6.07) is 0. The highest BCUT2D eigenvalue weighted by Crippen LogP contribution is 2.23. The molecule has 1 aliphatic rings. The van der Waals surface area contributed by atoms with Gasteiger partial charge in [-0.1, -0.05) is 25.5 Å². The van der Waals surface area contributed by atoms with Gasteiger partial charge in [-0.2, -0.15) is 0 Å². The lowest BCUT2D eigenvalue weighted by Crippen LogP contribution is -2.11. The van der Waals surface area contributed by atoms with Crippen molar-refractivity contribution in [3.05, 3.63) is 12.2 Å². The molecule has 0 aromatic rings. The summed E-state index contributed by atoms with van der Waals surface area (Å²) in [5, 5.41) is 0. The van der Waals surface area contributed by atoms with Gasteiger partial charge in [0.1, 0.15) is 6.17 Å². The second-order valence-electron chi connectivity index (χ2n) is 3.05. The van der Waals surface area contributed by atoms with E-state index >= 15 is 0 Å². The second kappa shape index (κ2) is 3.75. The van der Waals surface area contributed by atoms with Gasteiger partial charge in [0, 0.05) is 0 Å². The summed E-state index contributed by atoms with van der Waals surface area (Å²) in [6.07, 6.45) is 7.29. The molecule has 0 aromatic carbocycles. The molecule has 0 radical (unpaired) electrons. The third-order valence-corrected chi connectivity index (χ3v) is 2.02. The van der Waals surface area contributed by atoms with E-state index in [4.69, 9.17) is 0 Å². The third kappa shape index (κ3) is 2.13. The number of hydrogen-bond donors (Lipinski definition) is 0. The Morgan fingerprint density at radius 2 is 2.40 bits per heavy atom. The number of rotatable bonds is 2. The molecule has 0 saturated heterocycles. The van der Waals surface area contributed by atoms with E-state index in [0.717, 1.165) is 12.8 Å². The van der Waals surface area contributed by atoms with Crippen molar-refractivity contribution in [3.63, 3.8) is 0 Å². The van der Waals surface area contributed by atoms with Crippen molar-refractivity contribution in [1.82, 2.24) is 0 Å². The standard InChI is InChI=1S/C9H15F/c1-2-4-8-5-3-6-9(10)7-8/h3,5,8-9H,2,4,6-7H2,1H3. The SMILES string of the molecule is CCCC1C=CCC(F)C1. The Morgan fingerprint density at radius 3 is 3.00 bits per heavy atom. The van der Waals surface area contributed by atoms with Gasteiger partial charge in [0.05, 0.1) is 0 Å². The number of hydrogen-bond acceptors (Lipinski definition) is 0. The smallest absolute Gasteiger partial charge is 0.104 e.